The molecule has 2 aliphatic heterocycles. The fourth-order valence-electron chi connectivity index (χ4n) is 4.99. The summed E-state index contributed by atoms with van der Waals surface area (Å²) in [6.45, 7) is 2.53. The van der Waals surface area contributed by atoms with E-state index >= 15 is 0 Å². The summed E-state index contributed by atoms with van der Waals surface area (Å²) >= 11 is 3.58. The molecule has 1 aromatic heterocycles. The summed E-state index contributed by atoms with van der Waals surface area (Å²) in [6, 6.07) is 19.9. The van der Waals surface area contributed by atoms with Crippen molar-refractivity contribution >= 4 is 55.8 Å². The van der Waals surface area contributed by atoms with Crippen molar-refractivity contribution in [3.8, 4) is 0 Å². The molecule has 2 aliphatic rings. The number of hydrogen-bond acceptors (Lipinski definition) is 6. The molecule has 0 saturated heterocycles. The molecule has 180 valence electrons. The first-order valence-electron chi connectivity index (χ1n) is 11.7. The average molecular weight is 542 g/mol. The van der Waals surface area contributed by atoms with Gasteiger partial charge in [-0.15, -0.1) is 0 Å². The van der Waals surface area contributed by atoms with E-state index in [2.05, 4.69) is 56.1 Å². The molecular weight excluding hydrogens is 518 g/mol. The van der Waals surface area contributed by atoms with E-state index in [1.165, 1.54) is 28.6 Å². The number of nitrogens with zero attached hydrogens (tertiary/aromatic N) is 3. The van der Waals surface area contributed by atoms with Gasteiger partial charge in [-0.05, 0) is 71.3 Å². The largest absolute Gasteiger partial charge is 0.422 e. The highest BCUT2D eigenvalue weighted by Crippen LogP contribution is 2.39. The molecule has 0 amide bonds. The third-order valence-electron chi connectivity index (χ3n) is 6.82. The number of anilines is 3. The van der Waals surface area contributed by atoms with Crippen LogP contribution in [-0.2, 0) is 13.1 Å². The zero-order valence-corrected chi connectivity index (χ0v) is 21.6. The van der Waals surface area contributed by atoms with E-state index in [9.17, 15) is 9.59 Å². The summed E-state index contributed by atoms with van der Waals surface area (Å²) in [5.74, 6) is -0.371. The van der Waals surface area contributed by atoms with Crippen LogP contribution >= 0.6 is 15.9 Å². The van der Waals surface area contributed by atoms with Crippen LogP contribution < -0.4 is 20.3 Å². The van der Waals surface area contributed by atoms with Crippen molar-refractivity contribution in [3.05, 3.63) is 104 Å². The normalized spacial score (nSPS) is 14.2. The lowest BCUT2D eigenvalue weighted by Crippen LogP contribution is -2.46. The Balaban J connectivity index is 1.25. The molecule has 0 fully saturated rings. The van der Waals surface area contributed by atoms with E-state index in [-0.39, 0.29) is 11.3 Å². The monoisotopic (exact) mass is 541 g/mol. The number of carbonyl (C=O) groups excluding carboxylic acids is 1. The second kappa shape index (κ2) is 8.68. The first-order valence-corrected chi connectivity index (χ1v) is 12.5. The van der Waals surface area contributed by atoms with E-state index in [0.717, 1.165) is 35.5 Å². The number of fused-ring (bicyclic) bond motifs is 7. The fraction of sp³-hybridized carbons (Fsp3) is 0.172. The quantitative estimate of drug-likeness (QED) is 0.184. The van der Waals surface area contributed by atoms with Gasteiger partial charge in [0.15, 0.2) is 5.78 Å². The van der Waals surface area contributed by atoms with Crippen molar-refractivity contribution < 1.29 is 9.21 Å². The van der Waals surface area contributed by atoms with E-state index in [0.29, 0.717) is 11.0 Å². The third-order valence-corrected chi connectivity index (χ3v) is 7.31. The van der Waals surface area contributed by atoms with Crippen molar-refractivity contribution in [3.63, 3.8) is 0 Å². The van der Waals surface area contributed by atoms with Crippen molar-refractivity contribution in [2.24, 2.45) is 0 Å². The Hall–Kier alpha value is -3.84. The highest BCUT2D eigenvalue weighted by atomic mass is 79.9. The Morgan fingerprint density at radius 2 is 1.67 bits per heavy atom. The molecular formula is C29H24BrN3O3. The van der Waals surface area contributed by atoms with Crippen LogP contribution in [0.5, 0.6) is 0 Å². The molecule has 3 aromatic carbocycles. The predicted octanol–water partition coefficient (Wildman–Crippen LogP) is 5.82. The van der Waals surface area contributed by atoms with Crippen molar-refractivity contribution in [2.45, 2.75) is 13.1 Å². The summed E-state index contributed by atoms with van der Waals surface area (Å²) < 4.78 is 6.55. The second-order valence-corrected chi connectivity index (χ2v) is 10.4. The maximum atomic E-state index is 12.9. The summed E-state index contributed by atoms with van der Waals surface area (Å²) in [4.78, 5) is 32.1. The molecule has 3 heterocycles. The zero-order valence-electron chi connectivity index (χ0n) is 20.0. The van der Waals surface area contributed by atoms with Crippen LogP contribution in [0, 0.1) is 0 Å². The molecule has 4 aromatic rings. The third kappa shape index (κ3) is 3.99. The Labute approximate surface area is 217 Å². The van der Waals surface area contributed by atoms with Crippen LogP contribution in [0.2, 0.25) is 0 Å². The molecule has 0 aliphatic carbocycles. The fourth-order valence-corrected chi connectivity index (χ4v) is 5.39. The van der Waals surface area contributed by atoms with Gasteiger partial charge in [0.2, 0.25) is 0 Å². The van der Waals surface area contributed by atoms with Crippen LogP contribution in [0.1, 0.15) is 27.0 Å². The lowest BCUT2D eigenvalue weighted by atomic mass is 9.99. The Morgan fingerprint density at radius 3 is 2.42 bits per heavy atom. The maximum Gasteiger partial charge on any atom is 0.347 e. The lowest BCUT2D eigenvalue weighted by Gasteiger charge is -2.45. The minimum absolute atomic E-state index is 0.0313. The first kappa shape index (κ1) is 22.6. The van der Waals surface area contributed by atoms with E-state index in [1.54, 1.807) is 18.2 Å². The summed E-state index contributed by atoms with van der Waals surface area (Å²) in [5, 5.41) is 0.715. The van der Waals surface area contributed by atoms with Crippen LogP contribution in [0.25, 0.3) is 17.0 Å². The minimum Gasteiger partial charge on any atom is -0.422 e. The zero-order chi connectivity index (χ0) is 25.0. The molecule has 0 N–H and O–H groups in total. The summed E-state index contributed by atoms with van der Waals surface area (Å²) in [6.07, 6.45) is 3.21. The maximum absolute atomic E-state index is 12.9. The lowest BCUT2D eigenvalue weighted by molar-refractivity contribution is 0.104. The van der Waals surface area contributed by atoms with E-state index < -0.39 is 5.63 Å². The molecule has 0 radical (unpaired) electrons. The standard InChI is InChI=1S/C29H24BrN3O3/c1-31(2)23-7-5-19-13-24(29(35)36-28(19)14-23)27(34)10-4-18-3-8-25-20(11-18)15-32-17-33(25)16-21-12-22(30)6-9-26(21)32/h3-14H,15-17H2,1-2H3/b10-4+. The Morgan fingerprint density at radius 1 is 0.944 bits per heavy atom. The van der Waals surface area contributed by atoms with Gasteiger partial charge in [0, 0.05) is 60.2 Å². The van der Waals surface area contributed by atoms with E-state index in [1.807, 2.05) is 37.2 Å². The highest BCUT2D eigenvalue weighted by molar-refractivity contribution is 9.10. The molecule has 0 spiro atoms. The van der Waals surface area contributed by atoms with Gasteiger partial charge in [-0.25, -0.2) is 4.79 Å². The van der Waals surface area contributed by atoms with Crippen LogP contribution in [0.15, 0.2) is 80.4 Å². The van der Waals surface area contributed by atoms with Crippen LogP contribution in [0.3, 0.4) is 0 Å². The van der Waals surface area contributed by atoms with Gasteiger partial charge < -0.3 is 19.1 Å². The molecule has 36 heavy (non-hydrogen) atoms. The van der Waals surface area contributed by atoms with Crippen LogP contribution in [-0.4, -0.2) is 26.5 Å². The topological polar surface area (TPSA) is 57.0 Å². The smallest absolute Gasteiger partial charge is 0.347 e. The van der Waals surface area contributed by atoms with Gasteiger partial charge in [0.25, 0.3) is 0 Å². The minimum atomic E-state index is -0.628. The molecule has 7 heteroatoms. The predicted molar refractivity (Wildman–Crippen MR) is 148 cm³/mol. The molecule has 0 unspecified atom stereocenters. The molecule has 6 nitrogen and oxygen atoms in total. The van der Waals surface area contributed by atoms with Crippen molar-refractivity contribution in [1.29, 1.82) is 0 Å². The van der Waals surface area contributed by atoms with Crippen molar-refractivity contribution in [2.75, 3.05) is 35.5 Å². The van der Waals surface area contributed by atoms with Gasteiger partial charge in [-0.3, -0.25) is 4.79 Å². The number of halogens is 1. The number of rotatable bonds is 4. The summed E-state index contributed by atoms with van der Waals surface area (Å²) in [7, 11) is 3.84. The highest BCUT2D eigenvalue weighted by Gasteiger charge is 2.29. The summed E-state index contributed by atoms with van der Waals surface area (Å²) in [5.41, 5.74) is 6.71. The average Bonchev–Trinajstić information content (AvgIpc) is 2.86. The number of ketones is 1. The molecule has 0 atom stereocenters. The van der Waals surface area contributed by atoms with Crippen LogP contribution in [0.4, 0.5) is 17.1 Å². The van der Waals surface area contributed by atoms with Gasteiger partial charge in [-0.2, -0.15) is 0 Å². The Bertz CT molecular complexity index is 1620. The van der Waals surface area contributed by atoms with Gasteiger partial charge >= 0.3 is 5.63 Å². The molecule has 2 bridgehead atoms. The number of benzene rings is 3. The Kier molecular flexibility index (Phi) is 5.45. The number of hydrogen-bond donors (Lipinski definition) is 0. The SMILES string of the molecule is CN(C)c1ccc2cc(C(=O)/C=C/c3ccc4c(c3)CN3CN4Cc4cc(Br)ccc43)c(=O)oc2c1. The van der Waals surface area contributed by atoms with E-state index in [4.69, 9.17) is 4.42 Å². The number of allylic oxidation sites excluding steroid dienone is 1. The van der Waals surface area contributed by atoms with Crippen molar-refractivity contribution in [1.82, 2.24) is 0 Å². The first-order chi connectivity index (χ1) is 17.4. The molecule has 0 saturated carbocycles. The van der Waals surface area contributed by atoms with Gasteiger partial charge in [0.05, 0.1) is 6.67 Å². The molecule has 6 rings (SSSR count). The number of carbonyl (C=O) groups is 1. The van der Waals surface area contributed by atoms with Gasteiger partial charge in [0.1, 0.15) is 11.1 Å². The second-order valence-electron chi connectivity index (χ2n) is 9.46. The van der Waals surface area contributed by atoms with Gasteiger partial charge in [-0.1, -0.05) is 28.1 Å².